The van der Waals surface area contributed by atoms with Crippen LogP contribution in [-0.4, -0.2) is 49.3 Å². The molecule has 210 valence electrons. The van der Waals surface area contributed by atoms with Crippen molar-refractivity contribution >= 4 is 28.3 Å². The molecule has 4 rings (SSSR count). The largest absolute Gasteiger partial charge is 0.497 e. The summed E-state index contributed by atoms with van der Waals surface area (Å²) < 4.78 is 16.6. The quantitative estimate of drug-likeness (QED) is 0.190. The van der Waals surface area contributed by atoms with Crippen molar-refractivity contribution in [2.24, 2.45) is 0 Å². The van der Waals surface area contributed by atoms with E-state index in [4.69, 9.17) is 14.2 Å². The molecule has 2 N–H and O–H groups in total. The van der Waals surface area contributed by atoms with E-state index in [-0.39, 0.29) is 12.1 Å². The van der Waals surface area contributed by atoms with Gasteiger partial charge in [0, 0.05) is 41.5 Å². The lowest BCUT2D eigenvalue weighted by molar-refractivity contribution is 0.207. The van der Waals surface area contributed by atoms with Crippen molar-refractivity contribution in [2.75, 3.05) is 38.0 Å². The second kappa shape index (κ2) is 14.1. The number of methoxy groups -OCH3 is 2. The van der Waals surface area contributed by atoms with Gasteiger partial charge in [-0.05, 0) is 69.2 Å². The number of ether oxygens (including phenoxy) is 3. The molecule has 8 nitrogen and oxygen atoms in total. The van der Waals surface area contributed by atoms with Crippen LogP contribution in [0, 0.1) is 0 Å². The van der Waals surface area contributed by atoms with Gasteiger partial charge in [0.05, 0.1) is 38.6 Å². The number of carbonyl (C=O) groups excluding carboxylic acids is 1. The molecule has 0 aliphatic heterocycles. The van der Waals surface area contributed by atoms with E-state index in [2.05, 4.69) is 22.5 Å². The molecule has 0 aliphatic rings. The van der Waals surface area contributed by atoms with Crippen molar-refractivity contribution in [1.82, 2.24) is 9.88 Å². The summed E-state index contributed by atoms with van der Waals surface area (Å²) in [5.74, 6) is 2.31. The standard InChI is InChI=1S/C32H38N4O4/c1-5-40-27-16-14-26(15-17-27)35-32(37)36(22-25-11-6-7-13-30(25)39-4)19-9-10-23(2)34-29-21-28(38-3)20-24-12-8-18-33-31(24)29/h6-8,11-18,20-21,23,34H,5,9-10,19,22H2,1-4H3,(H,35,37). The van der Waals surface area contributed by atoms with Crippen LogP contribution in [0.1, 0.15) is 32.3 Å². The molecule has 40 heavy (non-hydrogen) atoms. The SMILES string of the molecule is CCOc1ccc(NC(=O)N(CCCC(C)Nc2cc(OC)cc3cccnc23)Cc2ccccc2OC)cc1. The molecule has 0 fully saturated rings. The number of benzene rings is 3. The van der Waals surface area contributed by atoms with E-state index < -0.39 is 0 Å². The zero-order valence-corrected chi connectivity index (χ0v) is 23.6. The molecule has 0 bridgehead atoms. The monoisotopic (exact) mass is 542 g/mol. The Morgan fingerprint density at radius 2 is 1.77 bits per heavy atom. The van der Waals surface area contributed by atoms with Crippen LogP contribution >= 0.6 is 0 Å². The topological polar surface area (TPSA) is 85.0 Å². The highest BCUT2D eigenvalue weighted by Gasteiger charge is 2.17. The number of nitrogens with one attached hydrogen (secondary N) is 2. The highest BCUT2D eigenvalue weighted by Crippen LogP contribution is 2.29. The maximum absolute atomic E-state index is 13.4. The van der Waals surface area contributed by atoms with Crippen molar-refractivity contribution in [3.8, 4) is 17.2 Å². The normalized spacial score (nSPS) is 11.5. The lowest BCUT2D eigenvalue weighted by Gasteiger charge is -2.25. The average molecular weight is 543 g/mol. The molecule has 4 aromatic rings. The van der Waals surface area contributed by atoms with Crippen LogP contribution in [0.15, 0.2) is 79.0 Å². The number of rotatable bonds is 13. The van der Waals surface area contributed by atoms with Gasteiger partial charge in [-0.3, -0.25) is 4.98 Å². The van der Waals surface area contributed by atoms with Gasteiger partial charge in [0.2, 0.25) is 0 Å². The number of urea groups is 1. The molecule has 8 heteroatoms. The minimum atomic E-state index is -0.168. The Kier molecular flexibility index (Phi) is 10.0. The van der Waals surface area contributed by atoms with Gasteiger partial charge in [0.1, 0.15) is 17.2 Å². The molecule has 0 saturated carbocycles. The fourth-order valence-electron chi connectivity index (χ4n) is 4.61. The Labute approximate surface area is 236 Å². The zero-order valence-electron chi connectivity index (χ0n) is 23.6. The summed E-state index contributed by atoms with van der Waals surface area (Å²) in [6.07, 6.45) is 3.45. The minimum Gasteiger partial charge on any atom is -0.497 e. The van der Waals surface area contributed by atoms with Crippen LogP contribution in [0.25, 0.3) is 10.9 Å². The molecule has 3 aromatic carbocycles. The first-order valence-corrected chi connectivity index (χ1v) is 13.6. The number of amides is 2. The number of anilines is 2. The molecule has 1 heterocycles. The molecule has 0 saturated heterocycles. The number of hydrogen-bond acceptors (Lipinski definition) is 6. The summed E-state index contributed by atoms with van der Waals surface area (Å²) >= 11 is 0. The van der Waals surface area contributed by atoms with E-state index >= 15 is 0 Å². The van der Waals surface area contributed by atoms with Crippen molar-refractivity contribution in [2.45, 2.75) is 39.3 Å². The molecule has 1 aromatic heterocycles. The molecular formula is C32H38N4O4. The van der Waals surface area contributed by atoms with E-state index in [9.17, 15) is 4.79 Å². The van der Waals surface area contributed by atoms with Crippen molar-refractivity contribution in [3.63, 3.8) is 0 Å². The van der Waals surface area contributed by atoms with Crippen molar-refractivity contribution < 1.29 is 19.0 Å². The van der Waals surface area contributed by atoms with E-state index in [1.165, 1.54) is 0 Å². The summed E-state index contributed by atoms with van der Waals surface area (Å²) in [5, 5.41) is 7.64. The minimum absolute atomic E-state index is 0.152. The number of para-hydroxylation sites is 1. The number of carbonyl (C=O) groups is 1. The Morgan fingerprint density at radius 1 is 0.975 bits per heavy atom. The van der Waals surface area contributed by atoms with Crippen LogP contribution in [-0.2, 0) is 6.54 Å². The fourth-order valence-corrected chi connectivity index (χ4v) is 4.61. The van der Waals surface area contributed by atoms with Gasteiger partial charge in [-0.15, -0.1) is 0 Å². The first-order chi connectivity index (χ1) is 19.5. The van der Waals surface area contributed by atoms with Crippen LogP contribution in [0.2, 0.25) is 0 Å². The number of hydrogen-bond donors (Lipinski definition) is 2. The summed E-state index contributed by atoms with van der Waals surface area (Å²) in [6, 6.07) is 23.1. The third-order valence-corrected chi connectivity index (χ3v) is 6.64. The first kappa shape index (κ1) is 28.5. The van der Waals surface area contributed by atoms with Crippen LogP contribution in [0.3, 0.4) is 0 Å². The highest BCUT2D eigenvalue weighted by molar-refractivity contribution is 5.92. The molecule has 2 amide bonds. The van der Waals surface area contributed by atoms with Crippen LogP contribution < -0.4 is 24.8 Å². The average Bonchev–Trinajstić information content (AvgIpc) is 2.97. The summed E-state index contributed by atoms with van der Waals surface area (Å²) in [5.41, 5.74) is 3.50. The van der Waals surface area contributed by atoms with E-state index in [1.807, 2.05) is 84.6 Å². The van der Waals surface area contributed by atoms with Crippen LogP contribution in [0.4, 0.5) is 16.2 Å². The molecule has 1 atom stereocenters. The van der Waals surface area contributed by atoms with Gasteiger partial charge >= 0.3 is 6.03 Å². The second-order valence-corrected chi connectivity index (χ2v) is 9.56. The fraction of sp³-hybridized carbons (Fsp3) is 0.312. The number of nitrogens with zero attached hydrogens (tertiary/aromatic N) is 2. The third-order valence-electron chi connectivity index (χ3n) is 6.64. The number of pyridine rings is 1. The predicted octanol–water partition coefficient (Wildman–Crippen LogP) is 6.97. The Bertz CT molecular complexity index is 1390. The second-order valence-electron chi connectivity index (χ2n) is 9.56. The van der Waals surface area contributed by atoms with Crippen molar-refractivity contribution in [3.05, 3.63) is 84.6 Å². The molecule has 0 spiro atoms. The smallest absolute Gasteiger partial charge is 0.322 e. The van der Waals surface area contributed by atoms with E-state index in [1.54, 1.807) is 20.4 Å². The van der Waals surface area contributed by atoms with Crippen LogP contribution in [0.5, 0.6) is 17.2 Å². The predicted molar refractivity (Wildman–Crippen MR) is 161 cm³/mol. The number of fused-ring (bicyclic) bond motifs is 1. The molecule has 1 unspecified atom stereocenters. The van der Waals surface area contributed by atoms with Gasteiger partial charge in [-0.25, -0.2) is 4.79 Å². The van der Waals surface area contributed by atoms with E-state index in [0.717, 1.165) is 52.2 Å². The highest BCUT2D eigenvalue weighted by atomic mass is 16.5. The molecule has 0 radical (unpaired) electrons. The van der Waals surface area contributed by atoms with E-state index in [0.29, 0.717) is 25.4 Å². The van der Waals surface area contributed by atoms with Gasteiger partial charge in [0.15, 0.2) is 0 Å². The zero-order chi connectivity index (χ0) is 28.3. The maximum atomic E-state index is 13.4. The Morgan fingerprint density at radius 3 is 2.52 bits per heavy atom. The molecule has 0 aliphatic carbocycles. The van der Waals surface area contributed by atoms with Gasteiger partial charge in [0.25, 0.3) is 0 Å². The lowest BCUT2D eigenvalue weighted by atomic mass is 10.1. The van der Waals surface area contributed by atoms with Gasteiger partial charge in [-0.1, -0.05) is 24.3 Å². The molecular weight excluding hydrogens is 504 g/mol. The first-order valence-electron chi connectivity index (χ1n) is 13.6. The Hall–Kier alpha value is -4.46. The van der Waals surface area contributed by atoms with Gasteiger partial charge < -0.3 is 29.7 Å². The van der Waals surface area contributed by atoms with Gasteiger partial charge in [-0.2, -0.15) is 0 Å². The lowest BCUT2D eigenvalue weighted by Crippen LogP contribution is -2.36. The Balaban J connectivity index is 1.43. The summed E-state index contributed by atoms with van der Waals surface area (Å²) in [4.78, 5) is 19.8. The maximum Gasteiger partial charge on any atom is 0.322 e. The third kappa shape index (κ3) is 7.56. The number of aromatic nitrogens is 1. The van der Waals surface area contributed by atoms with Crippen molar-refractivity contribution in [1.29, 1.82) is 0 Å². The summed E-state index contributed by atoms with van der Waals surface area (Å²) in [7, 11) is 3.31. The summed E-state index contributed by atoms with van der Waals surface area (Å²) in [6.45, 7) is 5.68.